The fraction of sp³-hybridized carbons (Fsp3) is 0.353. The molecule has 1 heterocycles. The van der Waals surface area contributed by atoms with E-state index < -0.39 is 6.04 Å². The van der Waals surface area contributed by atoms with Crippen LogP contribution in [0.1, 0.15) is 36.3 Å². The number of para-hydroxylation sites is 1. The van der Waals surface area contributed by atoms with E-state index in [1.165, 1.54) is 0 Å². The molecule has 1 aromatic carbocycles. The van der Waals surface area contributed by atoms with Gasteiger partial charge in [0.05, 0.1) is 11.1 Å². The van der Waals surface area contributed by atoms with Crippen LogP contribution in [0.3, 0.4) is 0 Å². The number of rotatable bonds is 5. The lowest BCUT2D eigenvalue weighted by Gasteiger charge is -2.15. The number of aryl methyl sites for hydroxylation is 1. The van der Waals surface area contributed by atoms with Crippen molar-refractivity contribution in [3.63, 3.8) is 0 Å². The quantitative estimate of drug-likeness (QED) is 0.889. The minimum absolute atomic E-state index is 0.176. The molecule has 0 saturated heterocycles. The summed E-state index contributed by atoms with van der Waals surface area (Å²) in [7, 11) is 0. The van der Waals surface area contributed by atoms with E-state index in [4.69, 9.17) is 0 Å². The highest BCUT2D eigenvalue weighted by atomic mass is 16.2. The maximum absolute atomic E-state index is 12.5. The Bertz CT molecular complexity index is 697. The molecule has 22 heavy (non-hydrogen) atoms. The fourth-order valence-corrected chi connectivity index (χ4v) is 2.24. The van der Waals surface area contributed by atoms with Crippen LogP contribution in [0.15, 0.2) is 30.3 Å². The zero-order valence-electron chi connectivity index (χ0n) is 13.1. The average Bonchev–Trinajstić information content (AvgIpc) is 2.51. The first-order valence-corrected chi connectivity index (χ1v) is 7.48. The number of nitrogens with one attached hydrogen (secondary N) is 2. The van der Waals surface area contributed by atoms with Crippen LogP contribution in [0.5, 0.6) is 0 Å². The molecule has 5 nitrogen and oxygen atoms in total. The Morgan fingerprint density at radius 3 is 2.73 bits per heavy atom. The molecule has 0 unspecified atom stereocenters. The second-order valence-electron chi connectivity index (χ2n) is 5.31. The Hall–Kier alpha value is -2.43. The molecule has 0 aliphatic carbocycles. The summed E-state index contributed by atoms with van der Waals surface area (Å²) in [5.41, 5.74) is 2.08. The van der Waals surface area contributed by atoms with Crippen LogP contribution in [0.4, 0.5) is 0 Å². The normalized spacial score (nSPS) is 12.0. The van der Waals surface area contributed by atoms with E-state index in [9.17, 15) is 9.59 Å². The van der Waals surface area contributed by atoms with Crippen molar-refractivity contribution in [3.8, 4) is 0 Å². The van der Waals surface area contributed by atoms with Crippen molar-refractivity contribution in [1.82, 2.24) is 15.6 Å². The third kappa shape index (κ3) is 3.61. The molecule has 2 rings (SSSR count). The molecular formula is C17H21N3O2. The van der Waals surface area contributed by atoms with E-state index >= 15 is 0 Å². The molecule has 0 spiro atoms. The van der Waals surface area contributed by atoms with E-state index in [1.54, 1.807) is 13.0 Å². The molecule has 2 aromatic rings. The van der Waals surface area contributed by atoms with Gasteiger partial charge in [0.1, 0.15) is 6.04 Å². The van der Waals surface area contributed by atoms with Crippen molar-refractivity contribution >= 4 is 22.7 Å². The van der Waals surface area contributed by atoms with Crippen molar-refractivity contribution in [2.75, 3.05) is 6.54 Å². The van der Waals surface area contributed by atoms with Gasteiger partial charge in [-0.05, 0) is 32.4 Å². The van der Waals surface area contributed by atoms with Gasteiger partial charge in [-0.25, -0.2) is 0 Å². The molecule has 2 N–H and O–H groups in total. The van der Waals surface area contributed by atoms with E-state index in [-0.39, 0.29) is 11.8 Å². The second-order valence-corrected chi connectivity index (χ2v) is 5.31. The Morgan fingerprint density at radius 1 is 1.27 bits per heavy atom. The third-order valence-corrected chi connectivity index (χ3v) is 3.38. The van der Waals surface area contributed by atoms with Crippen LogP contribution < -0.4 is 10.6 Å². The highest BCUT2D eigenvalue weighted by Gasteiger charge is 2.18. The number of benzene rings is 1. The first-order valence-electron chi connectivity index (χ1n) is 7.48. The minimum Gasteiger partial charge on any atom is -0.354 e. The predicted octanol–water partition coefficient (Wildman–Crippen LogP) is 2.19. The lowest BCUT2D eigenvalue weighted by molar-refractivity contribution is -0.122. The second kappa shape index (κ2) is 7.02. The van der Waals surface area contributed by atoms with Gasteiger partial charge in [-0.1, -0.05) is 25.1 Å². The van der Waals surface area contributed by atoms with Gasteiger partial charge in [-0.15, -0.1) is 0 Å². The molecule has 0 fully saturated rings. The number of amides is 2. The summed E-state index contributed by atoms with van der Waals surface area (Å²) in [6, 6.07) is 8.65. The lowest BCUT2D eigenvalue weighted by atomic mass is 10.1. The predicted molar refractivity (Wildman–Crippen MR) is 86.7 cm³/mol. The van der Waals surface area contributed by atoms with Crippen LogP contribution in [-0.4, -0.2) is 29.4 Å². The van der Waals surface area contributed by atoms with Gasteiger partial charge in [0.2, 0.25) is 5.91 Å². The fourth-order valence-electron chi connectivity index (χ4n) is 2.24. The summed E-state index contributed by atoms with van der Waals surface area (Å²) >= 11 is 0. The molecule has 2 amide bonds. The van der Waals surface area contributed by atoms with Crippen molar-refractivity contribution in [2.45, 2.75) is 33.2 Å². The minimum atomic E-state index is -0.578. The SMILES string of the molecule is CCCNC(=O)[C@@H](C)NC(=O)c1cc(C)nc2ccccc12. The number of hydrogen-bond acceptors (Lipinski definition) is 3. The van der Waals surface area contributed by atoms with E-state index in [0.29, 0.717) is 12.1 Å². The molecule has 0 radical (unpaired) electrons. The molecule has 0 aliphatic rings. The highest BCUT2D eigenvalue weighted by molar-refractivity contribution is 6.07. The van der Waals surface area contributed by atoms with Crippen LogP contribution in [0.2, 0.25) is 0 Å². The number of aromatic nitrogens is 1. The topological polar surface area (TPSA) is 71.1 Å². The van der Waals surface area contributed by atoms with Gasteiger partial charge in [0.15, 0.2) is 0 Å². The summed E-state index contributed by atoms with van der Waals surface area (Å²) in [6.45, 7) is 6.12. The van der Waals surface area contributed by atoms with Crippen molar-refractivity contribution in [3.05, 3.63) is 41.6 Å². The molecule has 5 heteroatoms. The Labute approximate surface area is 130 Å². The zero-order chi connectivity index (χ0) is 16.1. The summed E-state index contributed by atoms with van der Waals surface area (Å²) in [6.07, 6.45) is 0.862. The van der Waals surface area contributed by atoms with Crippen LogP contribution in [0, 0.1) is 6.92 Å². The van der Waals surface area contributed by atoms with Crippen LogP contribution in [0.25, 0.3) is 10.9 Å². The van der Waals surface area contributed by atoms with Crippen LogP contribution in [-0.2, 0) is 4.79 Å². The van der Waals surface area contributed by atoms with Gasteiger partial charge in [-0.3, -0.25) is 14.6 Å². The molecule has 116 valence electrons. The highest BCUT2D eigenvalue weighted by Crippen LogP contribution is 2.18. The first-order chi connectivity index (χ1) is 10.5. The lowest BCUT2D eigenvalue weighted by Crippen LogP contribution is -2.45. The van der Waals surface area contributed by atoms with E-state index in [0.717, 1.165) is 23.0 Å². The number of fused-ring (bicyclic) bond motifs is 1. The van der Waals surface area contributed by atoms with Crippen LogP contribution >= 0.6 is 0 Å². The van der Waals surface area contributed by atoms with Gasteiger partial charge in [-0.2, -0.15) is 0 Å². The number of nitrogens with zero attached hydrogens (tertiary/aromatic N) is 1. The Kier molecular flexibility index (Phi) is 5.09. The molecule has 0 aliphatic heterocycles. The van der Waals surface area contributed by atoms with Crippen molar-refractivity contribution < 1.29 is 9.59 Å². The summed E-state index contributed by atoms with van der Waals surface area (Å²) in [5, 5.41) is 6.30. The van der Waals surface area contributed by atoms with Gasteiger partial charge >= 0.3 is 0 Å². The van der Waals surface area contributed by atoms with Gasteiger partial charge < -0.3 is 10.6 Å². The van der Waals surface area contributed by atoms with Crippen molar-refractivity contribution in [1.29, 1.82) is 0 Å². The van der Waals surface area contributed by atoms with Gasteiger partial charge in [0.25, 0.3) is 5.91 Å². The Balaban J connectivity index is 2.21. The molecule has 1 aromatic heterocycles. The standard InChI is InChI=1S/C17H21N3O2/c1-4-9-18-16(21)12(3)20-17(22)14-10-11(2)19-15-8-6-5-7-13(14)15/h5-8,10,12H,4,9H2,1-3H3,(H,18,21)(H,20,22)/t12-/m1/s1. The van der Waals surface area contributed by atoms with E-state index in [2.05, 4.69) is 15.6 Å². The smallest absolute Gasteiger partial charge is 0.252 e. The summed E-state index contributed by atoms with van der Waals surface area (Å²) in [5.74, 6) is -0.439. The van der Waals surface area contributed by atoms with E-state index in [1.807, 2.05) is 38.1 Å². The number of hydrogen-bond donors (Lipinski definition) is 2. The average molecular weight is 299 g/mol. The molecule has 1 atom stereocenters. The maximum atomic E-state index is 12.5. The molecular weight excluding hydrogens is 278 g/mol. The number of carbonyl (C=O) groups excluding carboxylic acids is 2. The summed E-state index contributed by atoms with van der Waals surface area (Å²) < 4.78 is 0. The third-order valence-electron chi connectivity index (χ3n) is 3.38. The monoisotopic (exact) mass is 299 g/mol. The van der Waals surface area contributed by atoms with Gasteiger partial charge in [0, 0.05) is 17.6 Å². The first kappa shape index (κ1) is 15.9. The number of carbonyl (C=O) groups is 2. The largest absolute Gasteiger partial charge is 0.354 e. The molecule has 0 bridgehead atoms. The van der Waals surface area contributed by atoms with Crippen molar-refractivity contribution in [2.24, 2.45) is 0 Å². The Morgan fingerprint density at radius 2 is 2.00 bits per heavy atom. The zero-order valence-corrected chi connectivity index (χ0v) is 13.1. The maximum Gasteiger partial charge on any atom is 0.252 e. The number of pyridine rings is 1. The summed E-state index contributed by atoms with van der Waals surface area (Å²) in [4.78, 5) is 28.8. The molecule has 0 saturated carbocycles.